The summed E-state index contributed by atoms with van der Waals surface area (Å²) in [6, 6.07) is 0.561. The molecule has 1 aliphatic rings. The van der Waals surface area contributed by atoms with E-state index in [2.05, 4.69) is 25.7 Å². The van der Waals surface area contributed by atoms with Gasteiger partial charge in [0.15, 0.2) is 0 Å². The molecule has 2 nitrogen and oxygen atoms in total. The Hall–Kier alpha value is -0.340. The summed E-state index contributed by atoms with van der Waals surface area (Å²) >= 11 is 0. The van der Waals surface area contributed by atoms with Crippen molar-refractivity contribution in [3.05, 3.63) is 12.2 Å². The molecule has 0 bridgehead atoms. The van der Waals surface area contributed by atoms with Gasteiger partial charge in [-0.3, -0.25) is 0 Å². The number of hydrogen-bond donors (Lipinski definition) is 1. The lowest BCUT2D eigenvalue weighted by Gasteiger charge is -2.21. The third-order valence-electron chi connectivity index (χ3n) is 2.85. The largest absolute Gasteiger partial charge is 0.378 e. The summed E-state index contributed by atoms with van der Waals surface area (Å²) < 4.78 is 5.68. The molecule has 0 spiro atoms. The van der Waals surface area contributed by atoms with Crippen molar-refractivity contribution in [3.8, 4) is 0 Å². The van der Waals surface area contributed by atoms with Crippen LogP contribution < -0.4 is 5.32 Å². The second-order valence-electron chi connectivity index (χ2n) is 4.68. The van der Waals surface area contributed by atoms with Gasteiger partial charge in [-0.1, -0.05) is 12.5 Å². The molecule has 0 saturated carbocycles. The van der Waals surface area contributed by atoms with Crippen LogP contribution >= 0.6 is 0 Å². The zero-order chi connectivity index (χ0) is 11.1. The quantitative estimate of drug-likeness (QED) is 0.654. The molecule has 0 amide bonds. The maximum Gasteiger partial charge on any atom is 0.0590 e. The first kappa shape index (κ1) is 12.7. The van der Waals surface area contributed by atoms with Gasteiger partial charge in [-0.05, 0) is 45.6 Å². The Bertz CT molecular complexity index is 185. The van der Waals surface area contributed by atoms with Crippen LogP contribution in [-0.2, 0) is 4.74 Å². The summed E-state index contributed by atoms with van der Waals surface area (Å²) in [7, 11) is 0. The SMILES string of the molecule is C=C(C)CC(CC1CCCO1)NCCC. The van der Waals surface area contributed by atoms with Crippen molar-refractivity contribution in [1.29, 1.82) is 0 Å². The van der Waals surface area contributed by atoms with E-state index in [4.69, 9.17) is 4.74 Å². The van der Waals surface area contributed by atoms with E-state index < -0.39 is 0 Å². The Morgan fingerprint density at radius 1 is 1.60 bits per heavy atom. The minimum atomic E-state index is 0.485. The number of rotatable bonds is 7. The molecule has 1 saturated heterocycles. The fraction of sp³-hybridized carbons (Fsp3) is 0.846. The molecule has 1 N–H and O–H groups in total. The van der Waals surface area contributed by atoms with Gasteiger partial charge < -0.3 is 10.1 Å². The molecule has 0 aromatic heterocycles. The van der Waals surface area contributed by atoms with Crippen LogP contribution in [0, 0.1) is 0 Å². The van der Waals surface area contributed by atoms with Gasteiger partial charge in [0, 0.05) is 12.6 Å². The van der Waals surface area contributed by atoms with E-state index >= 15 is 0 Å². The van der Waals surface area contributed by atoms with E-state index in [1.807, 2.05) is 0 Å². The smallest absolute Gasteiger partial charge is 0.0590 e. The van der Waals surface area contributed by atoms with Crippen LogP contribution in [-0.4, -0.2) is 25.3 Å². The van der Waals surface area contributed by atoms with E-state index in [1.54, 1.807) is 0 Å². The van der Waals surface area contributed by atoms with E-state index in [0.717, 1.165) is 26.0 Å². The fourth-order valence-electron chi connectivity index (χ4n) is 2.16. The van der Waals surface area contributed by atoms with Crippen LogP contribution in [0.15, 0.2) is 12.2 Å². The van der Waals surface area contributed by atoms with Crippen LogP contribution in [0.2, 0.25) is 0 Å². The van der Waals surface area contributed by atoms with E-state index in [0.29, 0.717) is 12.1 Å². The summed E-state index contributed by atoms with van der Waals surface area (Å²) in [4.78, 5) is 0. The number of ether oxygens (including phenoxy) is 1. The van der Waals surface area contributed by atoms with Gasteiger partial charge >= 0.3 is 0 Å². The highest BCUT2D eigenvalue weighted by Crippen LogP contribution is 2.19. The third kappa shape index (κ3) is 5.33. The number of hydrogen-bond acceptors (Lipinski definition) is 2. The Labute approximate surface area is 94.1 Å². The first-order valence-electron chi connectivity index (χ1n) is 6.21. The second-order valence-corrected chi connectivity index (χ2v) is 4.68. The lowest BCUT2D eigenvalue weighted by atomic mass is 10.0. The van der Waals surface area contributed by atoms with E-state index in [1.165, 1.54) is 24.8 Å². The topological polar surface area (TPSA) is 21.3 Å². The zero-order valence-electron chi connectivity index (χ0n) is 10.2. The maximum atomic E-state index is 5.68. The van der Waals surface area contributed by atoms with Gasteiger partial charge in [0.25, 0.3) is 0 Å². The third-order valence-corrected chi connectivity index (χ3v) is 2.85. The van der Waals surface area contributed by atoms with Crippen molar-refractivity contribution >= 4 is 0 Å². The molecule has 0 aliphatic carbocycles. The number of nitrogens with one attached hydrogen (secondary N) is 1. The monoisotopic (exact) mass is 211 g/mol. The van der Waals surface area contributed by atoms with Crippen molar-refractivity contribution in [2.45, 2.75) is 58.1 Å². The minimum absolute atomic E-state index is 0.485. The average molecular weight is 211 g/mol. The van der Waals surface area contributed by atoms with Crippen molar-refractivity contribution in [3.63, 3.8) is 0 Å². The van der Waals surface area contributed by atoms with Crippen molar-refractivity contribution < 1.29 is 4.74 Å². The average Bonchev–Trinajstić information content (AvgIpc) is 2.66. The molecule has 15 heavy (non-hydrogen) atoms. The Kier molecular flexibility index (Phi) is 5.96. The van der Waals surface area contributed by atoms with Crippen LogP contribution in [0.1, 0.15) is 46.0 Å². The summed E-state index contributed by atoms with van der Waals surface area (Å²) in [5, 5.41) is 3.59. The first-order valence-corrected chi connectivity index (χ1v) is 6.21. The minimum Gasteiger partial charge on any atom is -0.378 e. The predicted octanol–water partition coefficient (Wildman–Crippen LogP) is 2.89. The maximum absolute atomic E-state index is 5.68. The second kappa shape index (κ2) is 7.02. The fourth-order valence-corrected chi connectivity index (χ4v) is 2.16. The van der Waals surface area contributed by atoms with Gasteiger partial charge in [0.1, 0.15) is 0 Å². The first-order chi connectivity index (χ1) is 7.22. The molecule has 1 heterocycles. The molecule has 2 heteroatoms. The molecule has 88 valence electrons. The van der Waals surface area contributed by atoms with Gasteiger partial charge in [-0.25, -0.2) is 0 Å². The van der Waals surface area contributed by atoms with Gasteiger partial charge in [0.05, 0.1) is 6.10 Å². The van der Waals surface area contributed by atoms with E-state index in [-0.39, 0.29) is 0 Å². The molecule has 1 fully saturated rings. The van der Waals surface area contributed by atoms with Crippen LogP contribution in [0.25, 0.3) is 0 Å². The lowest BCUT2D eigenvalue weighted by molar-refractivity contribution is 0.0946. The molecule has 2 unspecified atom stereocenters. The molecular formula is C13H25NO. The standard InChI is InChI=1S/C13H25NO/c1-4-7-14-12(9-11(2)3)10-13-6-5-8-15-13/h12-14H,2,4-10H2,1,3H3. The Morgan fingerprint density at radius 2 is 2.40 bits per heavy atom. The van der Waals surface area contributed by atoms with Gasteiger partial charge in [-0.15, -0.1) is 6.58 Å². The molecule has 2 atom stereocenters. The molecule has 0 aromatic rings. The van der Waals surface area contributed by atoms with Gasteiger partial charge in [0.2, 0.25) is 0 Å². The molecule has 0 aromatic carbocycles. The highest BCUT2D eigenvalue weighted by molar-refractivity contribution is 4.93. The normalized spacial score (nSPS) is 22.9. The van der Waals surface area contributed by atoms with Crippen LogP contribution in [0.3, 0.4) is 0 Å². The van der Waals surface area contributed by atoms with E-state index in [9.17, 15) is 0 Å². The highest BCUT2D eigenvalue weighted by Gasteiger charge is 2.20. The lowest BCUT2D eigenvalue weighted by Crippen LogP contribution is -2.33. The van der Waals surface area contributed by atoms with Crippen molar-refractivity contribution in [1.82, 2.24) is 5.32 Å². The van der Waals surface area contributed by atoms with Crippen molar-refractivity contribution in [2.24, 2.45) is 0 Å². The Balaban J connectivity index is 2.29. The van der Waals surface area contributed by atoms with Crippen LogP contribution in [0.4, 0.5) is 0 Å². The van der Waals surface area contributed by atoms with Gasteiger partial charge in [-0.2, -0.15) is 0 Å². The molecule has 0 radical (unpaired) electrons. The Morgan fingerprint density at radius 3 is 2.93 bits per heavy atom. The highest BCUT2D eigenvalue weighted by atomic mass is 16.5. The predicted molar refractivity (Wildman–Crippen MR) is 65.1 cm³/mol. The summed E-state index contributed by atoms with van der Waals surface area (Å²) in [5.74, 6) is 0. The summed E-state index contributed by atoms with van der Waals surface area (Å²) in [5.41, 5.74) is 1.27. The molecule has 1 rings (SSSR count). The molecule has 1 aliphatic heterocycles. The summed E-state index contributed by atoms with van der Waals surface area (Å²) in [6.07, 6.45) is 6.38. The van der Waals surface area contributed by atoms with Crippen LogP contribution in [0.5, 0.6) is 0 Å². The van der Waals surface area contributed by atoms with Crippen molar-refractivity contribution in [2.75, 3.05) is 13.2 Å². The zero-order valence-corrected chi connectivity index (χ0v) is 10.2. The molecular weight excluding hydrogens is 186 g/mol. The summed E-state index contributed by atoms with van der Waals surface area (Å²) in [6.45, 7) is 10.4.